The van der Waals surface area contributed by atoms with Gasteiger partial charge in [0, 0.05) is 20.6 Å². The van der Waals surface area contributed by atoms with Crippen LogP contribution in [0, 0.1) is 3.57 Å². The van der Waals surface area contributed by atoms with Crippen LogP contribution in [-0.4, -0.2) is 17.4 Å². The highest BCUT2D eigenvalue weighted by atomic mass is 127. The molecule has 0 spiro atoms. The molecule has 6 heteroatoms. The maximum Gasteiger partial charge on any atom is 0.254 e. The van der Waals surface area contributed by atoms with Crippen molar-refractivity contribution in [3.8, 4) is 0 Å². The fourth-order valence-corrected chi connectivity index (χ4v) is 3.43. The van der Waals surface area contributed by atoms with E-state index in [1.165, 1.54) is 11.3 Å². The monoisotopic (exact) mass is 451 g/mol. The topological polar surface area (TPSA) is 20.3 Å². The fourth-order valence-electron chi connectivity index (χ4n) is 1.81. The van der Waals surface area contributed by atoms with Crippen molar-refractivity contribution in [1.29, 1.82) is 0 Å². The Kier molecular flexibility index (Phi) is 6.10. The Hall–Kier alpha value is -0.560. The van der Waals surface area contributed by atoms with E-state index in [9.17, 15) is 4.79 Å². The SMILES string of the molecule is C=CCN(Cc1ccc(Cl)s1)C(=O)c1ccc(I)c(Cl)c1. The Bertz CT molecular complexity index is 671. The van der Waals surface area contributed by atoms with Gasteiger partial charge in [-0.2, -0.15) is 0 Å². The van der Waals surface area contributed by atoms with E-state index < -0.39 is 0 Å². The minimum Gasteiger partial charge on any atom is -0.330 e. The Labute approximate surface area is 151 Å². The molecule has 1 aromatic carbocycles. The summed E-state index contributed by atoms with van der Waals surface area (Å²) in [7, 11) is 0. The first-order valence-corrected chi connectivity index (χ1v) is 8.76. The molecule has 0 atom stereocenters. The molecule has 21 heavy (non-hydrogen) atoms. The van der Waals surface area contributed by atoms with E-state index in [1.54, 1.807) is 23.1 Å². The maximum atomic E-state index is 12.6. The number of hydrogen-bond acceptors (Lipinski definition) is 2. The third-order valence-corrected chi connectivity index (χ3v) is 5.57. The summed E-state index contributed by atoms with van der Waals surface area (Å²) in [4.78, 5) is 15.3. The summed E-state index contributed by atoms with van der Waals surface area (Å²) in [5.41, 5.74) is 0.574. The van der Waals surface area contributed by atoms with Crippen molar-refractivity contribution < 1.29 is 4.79 Å². The molecule has 1 heterocycles. The lowest BCUT2D eigenvalue weighted by atomic mass is 10.2. The van der Waals surface area contributed by atoms with Gasteiger partial charge < -0.3 is 4.90 Å². The molecule has 0 bridgehead atoms. The number of rotatable bonds is 5. The van der Waals surface area contributed by atoms with E-state index in [2.05, 4.69) is 29.2 Å². The molecule has 2 nitrogen and oxygen atoms in total. The Morgan fingerprint density at radius 2 is 2.10 bits per heavy atom. The van der Waals surface area contributed by atoms with Gasteiger partial charge in [-0.25, -0.2) is 0 Å². The van der Waals surface area contributed by atoms with Gasteiger partial charge in [0.25, 0.3) is 5.91 Å². The van der Waals surface area contributed by atoms with E-state index in [4.69, 9.17) is 23.2 Å². The van der Waals surface area contributed by atoms with Crippen LogP contribution in [0.4, 0.5) is 0 Å². The van der Waals surface area contributed by atoms with Gasteiger partial charge in [0.15, 0.2) is 0 Å². The normalized spacial score (nSPS) is 10.4. The van der Waals surface area contributed by atoms with Gasteiger partial charge in [0.1, 0.15) is 0 Å². The number of halogens is 3. The van der Waals surface area contributed by atoms with Crippen molar-refractivity contribution in [2.45, 2.75) is 6.54 Å². The van der Waals surface area contributed by atoms with E-state index in [-0.39, 0.29) is 5.91 Å². The van der Waals surface area contributed by atoms with Gasteiger partial charge in [-0.3, -0.25) is 4.79 Å². The predicted molar refractivity (Wildman–Crippen MR) is 98.4 cm³/mol. The minimum absolute atomic E-state index is 0.0716. The highest BCUT2D eigenvalue weighted by Gasteiger charge is 2.16. The Balaban J connectivity index is 2.22. The van der Waals surface area contributed by atoms with Gasteiger partial charge in [-0.05, 0) is 52.9 Å². The van der Waals surface area contributed by atoms with E-state index in [0.717, 1.165) is 8.45 Å². The van der Waals surface area contributed by atoms with Gasteiger partial charge in [0.2, 0.25) is 0 Å². The minimum atomic E-state index is -0.0716. The molecule has 0 aliphatic carbocycles. The highest BCUT2D eigenvalue weighted by molar-refractivity contribution is 14.1. The average Bonchev–Trinajstić information content (AvgIpc) is 2.86. The van der Waals surface area contributed by atoms with E-state index in [1.807, 2.05) is 18.2 Å². The Morgan fingerprint density at radius 3 is 2.67 bits per heavy atom. The third kappa shape index (κ3) is 4.45. The molecule has 0 aliphatic heterocycles. The van der Waals surface area contributed by atoms with Gasteiger partial charge >= 0.3 is 0 Å². The lowest BCUT2D eigenvalue weighted by molar-refractivity contribution is 0.0764. The fraction of sp³-hybridized carbons (Fsp3) is 0.133. The zero-order valence-electron chi connectivity index (χ0n) is 11.0. The average molecular weight is 452 g/mol. The lowest BCUT2D eigenvalue weighted by Gasteiger charge is -2.20. The Morgan fingerprint density at radius 1 is 1.33 bits per heavy atom. The molecule has 0 unspecified atom stereocenters. The molecule has 2 aromatic rings. The van der Waals surface area contributed by atoms with Crippen molar-refractivity contribution in [2.24, 2.45) is 0 Å². The number of thiophene rings is 1. The van der Waals surface area contributed by atoms with Crippen molar-refractivity contribution in [1.82, 2.24) is 4.90 Å². The van der Waals surface area contributed by atoms with Crippen molar-refractivity contribution in [3.63, 3.8) is 0 Å². The molecule has 0 saturated heterocycles. The maximum absolute atomic E-state index is 12.6. The summed E-state index contributed by atoms with van der Waals surface area (Å²) in [6, 6.07) is 9.08. The van der Waals surface area contributed by atoms with Crippen molar-refractivity contribution >= 4 is 63.0 Å². The molecule has 0 saturated carbocycles. The zero-order chi connectivity index (χ0) is 15.4. The lowest BCUT2D eigenvalue weighted by Crippen LogP contribution is -2.30. The van der Waals surface area contributed by atoms with Crippen LogP contribution in [0.15, 0.2) is 43.0 Å². The number of carbonyl (C=O) groups excluding carboxylic acids is 1. The first-order chi connectivity index (χ1) is 10.0. The van der Waals surface area contributed by atoms with E-state index in [0.29, 0.717) is 28.0 Å². The van der Waals surface area contributed by atoms with Crippen LogP contribution in [0.1, 0.15) is 15.2 Å². The van der Waals surface area contributed by atoms with Gasteiger partial charge in [-0.1, -0.05) is 29.3 Å². The quantitative estimate of drug-likeness (QED) is 0.434. The summed E-state index contributed by atoms with van der Waals surface area (Å²) in [5, 5.41) is 0.583. The van der Waals surface area contributed by atoms with Crippen molar-refractivity contribution in [3.05, 3.63) is 66.4 Å². The first kappa shape index (κ1) is 16.8. The number of amides is 1. The molecule has 2 rings (SSSR count). The van der Waals surface area contributed by atoms with Crippen LogP contribution >= 0.6 is 57.1 Å². The standard InChI is InChI=1S/C15H12Cl2INOS/c1-2-7-19(9-11-4-6-14(17)21-11)15(20)10-3-5-13(18)12(16)8-10/h2-6,8H,1,7,9H2. The second-order valence-corrected chi connectivity index (χ2v) is 7.68. The zero-order valence-corrected chi connectivity index (χ0v) is 15.5. The first-order valence-electron chi connectivity index (χ1n) is 6.10. The summed E-state index contributed by atoms with van der Waals surface area (Å²) in [5.74, 6) is -0.0716. The van der Waals surface area contributed by atoms with Crippen LogP contribution in [0.3, 0.4) is 0 Å². The van der Waals surface area contributed by atoms with Crippen LogP contribution in [0.25, 0.3) is 0 Å². The molecule has 110 valence electrons. The molecule has 1 aromatic heterocycles. The van der Waals surface area contributed by atoms with Gasteiger partial charge in [-0.15, -0.1) is 17.9 Å². The molecular weight excluding hydrogens is 440 g/mol. The van der Waals surface area contributed by atoms with Crippen molar-refractivity contribution in [2.75, 3.05) is 6.54 Å². The molecule has 0 radical (unpaired) electrons. The smallest absolute Gasteiger partial charge is 0.254 e. The number of benzene rings is 1. The molecule has 0 aliphatic rings. The predicted octanol–water partition coefficient (Wildman–Crippen LogP) is 5.49. The largest absolute Gasteiger partial charge is 0.330 e. The summed E-state index contributed by atoms with van der Waals surface area (Å²) < 4.78 is 1.64. The van der Waals surface area contributed by atoms with Crippen LogP contribution < -0.4 is 0 Å². The number of nitrogens with zero attached hydrogens (tertiary/aromatic N) is 1. The molecule has 1 amide bonds. The van der Waals surface area contributed by atoms with Gasteiger partial charge in [0.05, 0.1) is 15.9 Å². The summed E-state index contributed by atoms with van der Waals surface area (Å²) in [6.45, 7) is 4.69. The third-order valence-electron chi connectivity index (χ3n) is 2.78. The van der Waals surface area contributed by atoms with Crippen LogP contribution in [0.5, 0.6) is 0 Å². The van der Waals surface area contributed by atoms with E-state index >= 15 is 0 Å². The molecular formula is C15H12Cl2INOS. The second kappa shape index (κ2) is 7.63. The summed E-state index contributed by atoms with van der Waals surface area (Å²) >= 11 is 15.6. The van der Waals surface area contributed by atoms with Crippen LogP contribution in [0.2, 0.25) is 9.36 Å². The number of carbonyl (C=O) groups is 1. The highest BCUT2D eigenvalue weighted by Crippen LogP contribution is 2.24. The van der Waals surface area contributed by atoms with Crippen LogP contribution in [-0.2, 0) is 6.54 Å². The molecule has 0 N–H and O–H groups in total. The summed E-state index contributed by atoms with van der Waals surface area (Å²) in [6.07, 6.45) is 1.71. The second-order valence-electron chi connectivity index (χ2n) is 4.31. The molecule has 0 fully saturated rings. The number of hydrogen-bond donors (Lipinski definition) is 0.